The standard InChI is InChI=1S/C22H22F3N3O3/c1-14-5-9-17(10-6-14)31-18-11-7-16(8-12-18)15(2)28(30-4)21(29)19-13-27(3)26-20(19)22(23,24)25/h5-13,15H,1-4H3. The number of hydrogen-bond acceptors (Lipinski definition) is 4. The number of ether oxygens (including phenoxy) is 1. The maximum absolute atomic E-state index is 13.3. The van der Waals surface area contributed by atoms with Crippen LogP contribution in [0.5, 0.6) is 11.5 Å². The molecule has 0 aliphatic carbocycles. The van der Waals surface area contributed by atoms with Gasteiger partial charge in [0, 0.05) is 13.2 Å². The van der Waals surface area contributed by atoms with Gasteiger partial charge >= 0.3 is 6.18 Å². The number of carbonyl (C=O) groups is 1. The predicted molar refractivity (Wildman–Crippen MR) is 107 cm³/mol. The summed E-state index contributed by atoms with van der Waals surface area (Å²) < 4.78 is 46.5. The van der Waals surface area contributed by atoms with Crippen molar-refractivity contribution in [2.24, 2.45) is 7.05 Å². The van der Waals surface area contributed by atoms with E-state index in [-0.39, 0.29) is 0 Å². The van der Waals surface area contributed by atoms with Crippen molar-refractivity contribution in [1.29, 1.82) is 0 Å². The molecule has 6 nitrogen and oxygen atoms in total. The lowest BCUT2D eigenvalue weighted by Crippen LogP contribution is -2.33. The molecule has 3 rings (SSSR count). The monoisotopic (exact) mass is 433 g/mol. The molecule has 0 aliphatic rings. The number of hydroxylamine groups is 2. The molecule has 3 aromatic rings. The third kappa shape index (κ3) is 5.05. The zero-order chi connectivity index (χ0) is 22.8. The number of aromatic nitrogens is 2. The van der Waals surface area contributed by atoms with Gasteiger partial charge in [-0.05, 0) is 43.7 Å². The van der Waals surface area contributed by atoms with Gasteiger partial charge in [-0.25, -0.2) is 5.06 Å². The molecule has 0 spiro atoms. The molecule has 0 aliphatic heterocycles. The van der Waals surface area contributed by atoms with E-state index < -0.39 is 29.4 Å². The Hall–Kier alpha value is -3.33. The second kappa shape index (κ2) is 8.81. The van der Waals surface area contributed by atoms with E-state index in [0.29, 0.717) is 17.1 Å². The van der Waals surface area contributed by atoms with Crippen molar-refractivity contribution in [3.05, 3.63) is 77.1 Å². The number of aryl methyl sites for hydroxylation is 2. The molecule has 1 amide bonds. The summed E-state index contributed by atoms with van der Waals surface area (Å²) >= 11 is 0. The molecule has 164 valence electrons. The zero-order valence-corrected chi connectivity index (χ0v) is 17.5. The maximum Gasteiger partial charge on any atom is 0.435 e. The molecule has 1 aromatic heterocycles. The number of halogens is 3. The Labute approximate surface area is 177 Å². The number of hydrogen-bond donors (Lipinski definition) is 0. The zero-order valence-electron chi connectivity index (χ0n) is 17.5. The third-order valence-electron chi connectivity index (χ3n) is 4.70. The van der Waals surface area contributed by atoms with E-state index in [1.54, 1.807) is 31.2 Å². The Morgan fingerprint density at radius 1 is 1.06 bits per heavy atom. The van der Waals surface area contributed by atoms with E-state index in [1.165, 1.54) is 14.2 Å². The SMILES string of the molecule is CON(C(=O)c1cn(C)nc1C(F)(F)F)C(C)c1ccc(Oc2ccc(C)cc2)cc1. The quantitative estimate of drug-likeness (QED) is 0.495. The minimum Gasteiger partial charge on any atom is -0.457 e. The van der Waals surface area contributed by atoms with Crippen LogP contribution in [0.2, 0.25) is 0 Å². The van der Waals surface area contributed by atoms with Gasteiger partial charge in [-0.15, -0.1) is 0 Å². The van der Waals surface area contributed by atoms with E-state index >= 15 is 0 Å². The Kier molecular flexibility index (Phi) is 6.35. The largest absolute Gasteiger partial charge is 0.457 e. The molecule has 31 heavy (non-hydrogen) atoms. The van der Waals surface area contributed by atoms with Crippen LogP contribution in [-0.2, 0) is 18.1 Å². The van der Waals surface area contributed by atoms with Crippen LogP contribution in [0.1, 0.15) is 40.1 Å². The van der Waals surface area contributed by atoms with Crippen LogP contribution >= 0.6 is 0 Å². The van der Waals surface area contributed by atoms with Crippen LogP contribution in [0.4, 0.5) is 13.2 Å². The first-order chi connectivity index (χ1) is 14.6. The minimum atomic E-state index is -4.76. The van der Waals surface area contributed by atoms with Gasteiger partial charge in [0.05, 0.1) is 18.7 Å². The lowest BCUT2D eigenvalue weighted by Gasteiger charge is -2.27. The summed E-state index contributed by atoms with van der Waals surface area (Å²) in [6.07, 6.45) is -3.73. The summed E-state index contributed by atoms with van der Waals surface area (Å²) in [5.41, 5.74) is -0.0637. The van der Waals surface area contributed by atoms with Crippen LogP contribution in [0.15, 0.2) is 54.7 Å². The summed E-state index contributed by atoms with van der Waals surface area (Å²) in [5, 5.41) is 4.27. The fourth-order valence-electron chi connectivity index (χ4n) is 3.08. The fraction of sp³-hybridized carbons (Fsp3) is 0.273. The van der Waals surface area contributed by atoms with Gasteiger partial charge < -0.3 is 4.74 Å². The van der Waals surface area contributed by atoms with Crippen molar-refractivity contribution in [1.82, 2.24) is 14.8 Å². The minimum absolute atomic E-state index is 0.581. The molecule has 0 bridgehead atoms. The van der Waals surface area contributed by atoms with Gasteiger partial charge in [0.2, 0.25) is 0 Å². The molecule has 2 aromatic carbocycles. The Balaban J connectivity index is 1.79. The number of rotatable bonds is 6. The van der Waals surface area contributed by atoms with E-state index in [2.05, 4.69) is 5.10 Å². The molecule has 0 radical (unpaired) electrons. The summed E-state index contributed by atoms with van der Waals surface area (Å²) in [6, 6.07) is 13.8. The predicted octanol–water partition coefficient (Wildman–Crippen LogP) is 5.30. The smallest absolute Gasteiger partial charge is 0.435 e. The first kappa shape index (κ1) is 22.4. The lowest BCUT2D eigenvalue weighted by atomic mass is 10.1. The van der Waals surface area contributed by atoms with Gasteiger partial charge in [0.15, 0.2) is 5.69 Å². The van der Waals surface area contributed by atoms with Crippen molar-refractivity contribution < 1.29 is 27.5 Å². The van der Waals surface area contributed by atoms with Crippen LogP contribution < -0.4 is 4.74 Å². The summed E-state index contributed by atoms with van der Waals surface area (Å²) in [6.45, 7) is 3.63. The van der Waals surface area contributed by atoms with Crippen molar-refractivity contribution in [3.8, 4) is 11.5 Å². The van der Waals surface area contributed by atoms with Crippen LogP contribution in [0, 0.1) is 6.92 Å². The Morgan fingerprint density at radius 3 is 2.13 bits per heavy atom. The number of amides is 1. The number of carbonyl (C=O) groups excluding carboxylic acids is 1. The first-order valence-electron chi connectivity index (χ1n) is 9.43. The summed E-state index contributed by atoms with van der Waals surface area (Å²) in [5.74, 6) is 0.327. The first-order valence-corrected chi connectivity index (χ1v) is 9.43. The Morgan fingerprint density at radius 2 is 1.61 bits per heavy atom. The second-order valence-corrected chi connectivity index (χ2v) is 7.04. The van der Waals surface area contributed by atoms with Crippen molar-refractivity contribution >= 4 is 5.91 Å². The molecule has 1 unspecified atom stereocenters. The topological polar surface area (TPSA) is 56.6 Å². The van der Waals surface area contributed by atoms with Crippen molar-refractivity contribution in [3.63, 3.8) is 0 Å². The van der Waals surface area contributed by atoms with Gasteiger partial charge in [0.25, 0.3) is 5.91 Å². The van der Waals surface area contributed by atoms with E-state index in [4.69, 9.17) is 9.57 Å². The lowest BCUT2D eigenvalue weighted by molar-refractivity contribution is -0.143. The highest BCUT2D eigenvalue weighted by atomic mass is 19.4. The molecule has 1 atom stereocenters. The molecule has 0 fully saturated rings. The second-order valence-electron chi connectivity index (χ2n) is 7.04. The highest BCUT2D eigenvalue weighted by Gasteiger charge is 2.40. The molecular weight excluding hydrogens is 411 g/mol. The Bertz CT molecular complexity index is 1040. The molecule has 0 saturated heterocycles. The van der Waals surface area contributed by atoms with Gasteiger partial charge in [-0.3, -0.25) is 14.3 Å². The van der Waals surface area contributed by atoms with E-state index in [9.17, 15) is 18.0 Å². The van der Waals surface area contributed by atoms with Gasteiger partial charge in [-0.2, -0.15) is 18.3 Å². The average Bonchev–Trinajstić information content (AvgIpc) is 3.13. The van der Waals surface area contributed by atoms with Gasteiger partial charge in [0.1, 0.15) is 11.5 Å². The molecule has 1 heterocycles. The van der Waals surface area contributed by atoms with Crippen molar-refractivity contribution in [2.75, 3.05) is 7.11 Å². The average molecular weight is 433 g/mol. The normalized spacial score (nSPS) is 12.5. The summed E-state index contributed by atoms with van der Waals surface area (Å²) in [7, 11) is 2.55. The van der Waals surface area contributed by atoms with E-state index in [0.717, 1.165) is 21.5 Å². The van der Waals surface area contributed by atoms with Crippen LogP contribution in [0.25, 0.3) is 0 Å². The molecule has 0 saturated carbocycles. The molecule has 9 heteroatoms. The highest BCUT2D eigenvalue weighted by Crippen LogP contribution is 2.33. The number of nitrogens with zero attached hydrogens (tertiary/aromatic N) is 3. The summed E-state index contributed by atoms with van der Waals surface area (Å²) in [4.78, 5) is 18.0. The van der Waals surface area contributed by atoms with E-state index in [1.807, 2.05) is 31.2 Å². The maximum atomic E-state index is 13.3. The van der Waals surface area contributed by atoms with Crippen LogP contribution in [-0.4, -0.2) is 27.9 Å². The highest BCUT2D eigenvalue weighted by molar-refractivity contribution is 5.94. The fourth-order valence-corrected chi connectivity index (χ4v) is 3.08. The van der Waals surface area contributed by atoms with Crippen LogP contribution in [0.3, 0.4) is 0 Å². The number of benzene rings is 2. The van der Waals surface area contributed by atoms with Gasteiger partial charge in [-0.1, -0.05) is 29.8 Å². The van der Waals surface area contributed by atoms with Crippen molar-refractivity contribution in [2.45, 2.75) is 26.1 Å². The third-order valence-corrected chi connectivity index (χ3v) is 4.70. The molecule has 0 N–H and O–H groups in total. The number of alkyl halides is 3. The molecular formula is C22H22F3N3O3.